The molecule has 0 spiro atoms. The second-order valence-corrected chi connectivity index (χ2v) is 9.02. The van der Waals surface area contributed by atoms with Crippen molar-refractivity contribution in [3.63, 3.8) is 0 Å². The van der Waals surface area contributed by atoms with Crippen LogP contribution in [0.4, 0.5) is 0 Å². The molecule has 3 aromatic carbocycles. The Balaban J connectivity index is 1.87. The molecule has 0 atom stereocenters. The predicted molar refractivity (Wildman–Crippen MR) is 137 cm³/mol. The first kappa shape index (κ1) is 24.8. The van der Waals surface area contributed by atoms with Gasteiger partial charge in [0.25, 0.3) is 0 Å². The smallest absolute Gasteiger partial charge is 0.307 e. The van der Waals surface area contributed by atoms with Crippen molar-refractivity contribution in [2.75, 3.05) is 0 Å². The van der Waals surface area contributed by atoms with E-state index >= 15 is 0 Å². The van der Waals surface area contributed by atoms with Gasteiger partial charge in [-0.15, -0.1) is 0 Å². The standard InChI is InChI=1S/C31H38O2/c1-4-30(5-2,6-3)25-17-16-24-29(32)33-31(26-18-10-7-11-19-26,27-20-12-8-13-21-27)28-22-14-9-15-23-28/h7-15,18-23H,4-6,16-17,24-25H2,1-3H3. The zero-order chi connectivity index (χ0) is 23.6. The fourth-order valence-corrected chi connectivity index (χ4v) is 4.97. The first-order valence-corrected chi connectivity index (χ1v) is 12.5. The first-order chi connectivity index (χ1) is 16.1. The summed E-state index contributed by atoms with van der Waals surface area (Å²) >= 11 is 0. The summed E-state index contributed by atoms with van der Waals surface area (Å²) in [5.74, 6) is -0.151. The number of benzene rings is 3. The van der Waals surface area contributed by atoms with E-state index in [1.54, 1.807) is 0 Å². The zero-order valence-electron chi connectivity index (χ0n) is 20.4. The van der Waals surface area contributed by atoms with Gasteiger partial charge < -0.3 is 4.74 Å². The molecule has 0 N–H and O–H groups in total. The van der Waals surface area contributed by atoms with Crippen LogP contribution in [0.3, 0.4) is 0 Å². The Kier molecular flexibility index (Phi) is 8.88. The Bertz CT molecular complexity index is 855. The lowest BCUT2D eigenvalue weighted by Gasteiger charge is -2.35. The summed E-state index contributed by atoms with van der Waals surface area (Å²) in [6, 6.07) is 30.3. The van der Waals surface area contributed by atoms with Crippen LogP contribution in [0.5, 0.6) is 0 Å². The molecular weight excluding hydrogens is 404 g/mol. The molecule has 0 bridgehead atoms. The molecule has 0 aliphatic rings. The van der Waals surface area contributed by atoms with Crippen molar-refractivity contribution in [2.24, 2.45) is 5.41 Å². The lowest BCUT2D eigenvalue weighted by atomic mass is 9.75. The number of esters is 1. The van der Waals surface area contributed by atoms with E-state index in [0.717, 1.165) is 29.5 Å². The van der Waals surface area contributed by atoms with E-state index in [1.165, 1.54) is 25.7 Å². The summed E-state index contributed by atoms with van der Waals surface area (Å²) in [4.78, 5) is 13.3. The van der Waals surface area contributed by atoms with Gasteiger partial charge in [-0.2, -0.15) is 0 Å². The van der Waals surface area contributed by atoms with Crippen LogP contribution in [0.15, 0.2) is 91.0 Å². The second kappa shape index (κ2) is 11.8. The highest BCUT2D eigenvalue weighted by molar-refractivity contribution is 5.72. The third kappa shape index (κ3) is 5.74. The van der Waals surface area contributed by atoms with Gasteiger partial charge in [0.2, 0.25) is 0 Å². The summed E-state index contributed by atoms with van der Waals surface area (Å²) < 4.78 is 6.47. The summed E-state index contributed by atoms with van der Waals surface area (Å²) in [6.07, 6.45) is 7.11. The minimum atomic E-state index is -0.971. The number of ether oxygens (including phenoxy) is 1. The number of unbranched alkanes of at least 4 members (excludes halogenated alkanes) is 1. The summed E-state index contributed by atoms with van der Waals surface area (Å²) in [5.41, 5.74) is 2.31. The van der Waals surface area contributed by atoms with Crippen LogP contribution in [0, 0.1) is 5.41 Å². The van der Waals surface area contributed by atoms with Crippen LogP contribution >= 0.6 is 0 Å². The Labute approximate surface area is 200 Å². The van der Waals surface area contributed by atoms with E-state index in [2.05, 4.69) is 20.8 Å². The maximum absolute atomic E-state index is 13.3. The lowest BCUT2D eigenvalue weighted by Crippen LogP contribution is -2.35. The predicted octanol–water partition coefficient (Wildman–Crippen LogP) is 8.30. The van der Waals surface area contributed by atoms with Crippen LogP contribution in [0.1, 0.15) is 82.4 Å². The fraction of sp³-hybridized carbons (Fsp3) is 0.387. The highest BCUT2D eigenvalue weighted by Crippen LogP contribution is 2.41. The number of rotatable bonds is 12. The molecule has 3 rings (SSSR count). The maximum Gasteiger partial charge on any atom is 0.307 e. The van der Waals surface area contributed by atoms with E-state index in [0.29, 0.717) is 11.8 Å². The largest absolute Gasteiger partial charge is 0.444 e. The van der Waals surface area contributed by atoms with Crippen molar-refractivity contribution in [1.82, 2.24) is 0 Å². The van der Waals surface area contributed by atoms with Gasteiger partial charge in [-0.3, -0.25) is 4.79 Å². The molecule has 0 heterocycles. The first-order valence-electron chi connectivity index (χ1n) is 12.5. The molecule has 2 heteroatoms. The highest BCUT2D eigenvalue weighted by atomic mass is 16.6. The van der Waals surface area contributed by atoms with Gasteiger partial charge in [0, 0.05) is 23.1 Å². The van der Waals surface area contributed by atoms with Gasteiger partial charge in [0.1, 0.15) is 0 Å². The topological polar surface area (TPSA) is 26.3 Å². The van der Waals surface area contributed by atoms with Gasteiger partial charge in [-0.1, -0.05) is 137 Å². The lowest BCUT2D eigenvalue weighted by molar-refractivity contribution is -0.153. The molecule has 0 saturated carbocycles. The molecule has 0 unspecified atom stereocenters. The van der Waals surface area contributed by atoms with Crippen LogP contribution < -0.4 is 0 Å². The third-order valence-electron chi connectivity index (χ3n) is 7.40. The van der Waals surface area contributed by atoms with E-state index in [1.807, 2.05) is 91.0 Å². The molecule has 0 radical (unpaired) electrons. The van der Waals surface area contributed by atoms with Gasteiger partial charge in [-0.25, -0.2) is 0 Å². The summed E-state index contributed by atoms with van der Waals surface area (Å²) in [6.45, 7) is 6.86. The third-order valence-corrected chi connectivity index (χ3v) is 7.40. The minimum Gasteiger partial charge on any atom is -0.444 e. The number of carbonyl (C=O) groups excluding carboxylic acids is 1. The monoisotopic (exact) mass is 442 g/mol. The van der Waals surface area contributed by atoms with Crippen LogP contribution in [-0.4, -0.2) is 5.97 Å². The van der Waals surface area contributed by atoms with Gasteiger partial charge in [0.15, 0.2) is 5.60 Å². The molecule has 2 nitrogen and oxygen atoms in total. The normalized spacial score (nSPS) is 11.8. The van der Waals surface area contributed by atoms with E-state index < -0.39 is 5.60 Å². The number of carbonyl (C=O) groups is 1. The highest BCUT2D eigenvalue weighted by Gasteiger charge is 2.40. The summed E-state index contributed by atoms with van der Waals surface area (Å²) in [5, 5.41) is 0. The molecule has 174 valence electrons. The molecule has 0 aliphatic heterocycles. The molecule has 0 fully saturated rings. The second-order valence-electron chi connectivity index (χ2n) is 9.02. The molecule has 0 aliphatic carbocycles. The quantitative estimate of drug-likeness (QED) is 0.160. The Hall–Kier alpha value is -2.87. The van der Waals surface area contributed by atoms with Crippen molar-refractivity contribution >= 4 is 5.97 Å². The molecule has 0 aromatic heterocycles. The van der Waals surface area contributed by atoms with Gasteiger partial charge in [0.05, 0.1) is 0 Å². The van der Waals surface area contributed by atoms with Crippen LogP contribution in [0.25, 0.3) is 0 Å². The van der Waals surface area contributed by atoms with E-state index in [9.17, 15) is 4.79 Å². The van der Waals surface area contributed by atoms with Crippen molar-refractivity contribution < 1.29 is 9.53 Å². The van der Waals surface area contributed by atoms with Crippen molar-refractivity contribution in [1.29, 1.82) is 0 Å². The molecule has 33 heavy (non-hydrogen) atoms. The fourth-order valence-electron chi connectivity index (χ4n) is 4.97. The average Bonchev–Trinajstić information content (AvgIpc) is 2.89. The zero-order valence-corrected chi connectivity index (χ0v) is 20.4. The Morgan fingerprint density at radius 2 is 1.03 bits per heavy atom. The average molecular weight is 443 g/mol. The SMILES string of the molecule is CCC(CC)(CC)CCCCC(=O)OC(c1ccccc1)(c1ccccc1)c1ccccc1. The van der Waals surface area contributed by atoms with Crippen LogP contribution in [0.2, 0.25) is 0 Å². The minimum absolute atomic E-state index is 0.151. The van der Waals surface area contributed by atoms with E-state index in [4.69, 9.17) is 4.74 Å². The van der Waals surface area contributed by atoms with Crippen LogP contribution in [-0.2, 0) is 15.1 Å². The van der Waals surface area contributed by atoms with Crippen molar-refractivity contribution in [3.8, 4) is 0 Å². The van der Waals surface area contributed by atoms with Gasteiger partial charge >= 0.3 is 5.97 Å². The van der Waals surface area contributed by atoms with E-state index in [-0.39, 0.29) is 5.97 Å². The molecule has 0 amide bonds. The Morgan fingerprint density at radius 1 is 0.636 bits per heavy atom. The van der Waals surface area contributed by atoms with Gasteiger partial charge in [-0.05, 0) is 18.3 Å². The number of hydrogen-bond acceptors (Lipinski definition) is 2. The summed E-state index contributed by atoms with van der Waals surface area (Å²) in [7, 11) is 0. The van der Waals surface area contributed by atoms with Crippen molar-refractivity contribution in [2.45, 2.75) is 71.3 Å². The maximum atomic E-state index is 13.3. The Morgan fingerprint density at radius 3 is 1.39 bits per heavy atom. The molecular formula is C31H38O2. The molecule has 3 aromatic rings. The number of hydrogen-bond donors (Lipinski definition) is 0. The molecule has 0 saturated heterocycles. The van der Waals surface area contributed by atoms with Crippen molar-refractivity contribution in [3.05, 3.63) is 108 Å².